The van der Waals surface area contributed by atoms with E-state index in [1.165, 1.54) is 0 Å². The van der Waals surface area contributed by atoms with E-state index in [1.807, 2.05) is 42.5 Å². The van der Waals surface area contributed by atoms with Crippen LogP contribution in [0.25, 0.3) is 0 Å². The van der Waals surface area contributed by atoms with Gasteiger partial charge in [-0.3, -0.25) is 4.79 Å². The molecule has 0 fully saturated rings. The molecule has 0 saturated heterocycles. The maximum atomic E-state index is 12.4. The first kappa shape index (κ1) is 12.7. The molecule has 3 heteroatoms. The van der Waals surface area contributed by atoms with Gasteiger partial charge in [0, 0.05) is 5.69 Å². The topological polar surface area (TPSA) is 41.1 Å². The fourth-order valence-electron chi connectivity index (χ4n) is 2.82. The van der Waals surface area contributed by atoms with Crippen molar-refractivity contribution in [2.75, 3.05) is 5.32 Å². The Morgan fingerprint density at radius 3 is 2.40 bits per heavy atom. The van der Waals surface area contributed by atoms with Crippen LogP contribution >= 0.6 is 0 Å². The molecule has 1 aliphatic rings. The fraction of sp³-hybridized carbons (Fsp3) is 0.235. The minimum atomic E-state index is -0.512. The molecule has 0 bridgehead atoms. The van der Waals surface area contributed by atoms with Gasteiger partial charge in [0.25, 0.3) is 5.91 Å². The number of carbonyl (C=O) groups is 1. The average Bonchev–Trinajstić information content (AvgIpc) is 2.48. The van der Waals surface area contributed by atoms with Gasteiger partial charge in [-0.25, -0.2) is 0 Å². The number of hydrogen-bond donors (Lipinski definition) is 2. The first-order valence-electron chi connectivity index (χ1n) is 7.00. The zero-order chi connectivity index (χ0) is 14.0. The van der Waals surface area contributed by atoms with Crippen molar-refractivity contribution in [1.29, 1.82) is 0 Å². The van der Waals surface area contributed by atoms with Crippen molar-refractivity contribution in [3.8, 4) is 0 Å². The van der Waals surface area contributed by atoms with E-state index in [1.54, 1.807) is 0 Å². The summed E-state index contributed by atoms with van der Waals surface area (Å²) in [5.74, 6) is -0.0170. The summed E-state index contributed by atoms with van der Waals surface area (Å²) in [4.78, 5) is 12.4. The van der Waals surface area contributed by atoms with Gasteiger partial charge >= 0.3 is 0 Å². The van der Waals surface area contributed by atoms with Crippen molar-refractivity contribution in [2.24, 2.45) is 0 Å². The predicted octanol–water partition coefficient (Wildman–Crippen LogP) is 3.50. The van der Waals surface area contributed by atoms with Gasteiger partial charge in [0.2, 0.25) is 0 Å². The molecule has 20 heavy (non-hydrogen) atoms. The summed E-state index contributed by atoms with van der Waals surface area (Å²) in [5, 5.41) is 6.68. The number of carbonyl (C=O) groups excluding carboxylic acids is 1. The summed E-state index contributed by atoms with van der Waals surface area (Å²) in [5.41, 5.74) is 2.18. The van der Waals surface area contributed by atoms with E-state index in [2.05, 4.69) is 29.7 Å². The minimum Gasteiger partial charge on any atom is -0.358 e. The van der Waals surface area contributed by atoms with Crippen LogP contribution in [0.5, 0.6) is 0 Å². The Hall–Kier alpha value is -2.29. The Kier molecular flexibility index (Phi) is 3.18. The second kappa shape index (κ2) is 5.00. The lowest BCUT2D eigenvalue weighted by atomic mass is 9.90. The number of amides is 1. The Labute approximate surface area is 119 Å². The lowest BCUT2D eigenvalue weighted by Gasteiger charge is -2.41. The van der Waals surface area contributed by atoms with Gasteiger partial charge in [-0.1, -0.05) is 55.8 Å². The quantitative estimate of drug-likeness (QED) is 0.892. The van der Waals surface area contributed by atoms with Crippen molar-refractivity contribution in [3.63, 3.8) is 0 Å². The van der Waals surface area contributed by atoms with E-state index in [0.717, 1.165) is 24.1 Å². The van der Waals surface area contributed by atoms with Crippen molar-refractivity contribution < 1.29 is 4.79 Å². The number of fused-ring (bicyclic) bond motifs is 1. The van der Waals surface area contributed by atoms with Crippen LogP contribution in [0.3, 0.4) is 0 Å². The summed E-state index contributed by atoms with van der Waals surface area (Å²) < 4.78 is 0. The zero-order valence-electron chi connectivity index (χ0n) is 11.5. The number of rotatable bonds is 3. The Morgan fingerprint density at radius 2 is 1.65 bits per heavy atom. The molecular weight excluding hydrogens is 248 g/mol. The second-order valence-corrected chi connectivity index (χ2v) is 5.15. The van der Waals surface area contributed by atoms with Crippen molar-refractivity contribution in [2.45, 2.75) is 25.4 Å². The number of para-hydroxylation sites is 1. The van der Waals surface area contributed by atoms with Crippen LogP contribution in [0.15, 0.2) is 54.6 Å². The van der Waals surface area contributed by atoms with E-state index < -0.39 is 5.66 Å². The Balaban J connectivity index is 2.08. The third kappa shape index (κ3) is 2.05. The van der Waals surface area contributed by atoms with Gasteiger partial charge in [0.1, 0.15) is 5.66 Å². The molecule has 3 rings (SSSR count). The Morgan fingerprint density at radius 1 is 0.950 bits per heavy atom. The van der Waals surface area contributed by atoms with E-state index >= 15 is 0 Å². The highest BCUT2D eigenvalue weighted by molar-refractivity contribution is 6.02. The molecule has 2 N–H and O–H groups in total. The lowest BCUT2D eigenvalue weighted by Crippen LogP contribution is -2.54. The molecule has 0 radical (unpaired) electrons. The summed E-state index contributed by atoms with van der Waals surface area (Å²) in [6.45, 7) is 2.12. The molecule has 102 valence electrons. The van der Waals surface area contributed by atoms with E-state index in [9.17, 15) is 4.79 Å². The third-order valence-electron chi connectivity index (χ3n) is 3.74. The monoisotopic (exact) mass is 266 g/mol. The average molecular weight is 266 g/mol. The third-order valence-corrected chi connectivity index (χ3v) is 3.74. The first-order valence-corrected chi connectivity index (χ1v) is 7.00. The van der Waals surface area contributed by atoms with Crippen molar-refractivity contribution in [3.05, 3.63) is 65.7 Å². The van der Waals surface area contributed by atoms with E-state index in [-0.39, 0.29) is 5.91 Å². The highest BCUT2D eigenvalue weighted by Gasteiger charge is 2.37. The molecule has 1 heterocycles. The summed E-state index contributed by atoms with van der Waals surface area (Å²) >= 11 is 0. The standard InChI is InChI=1S/C17H18N2O/c1-2-12-17(13-8-4-3-5-9-13)18-15-11-7-6-10-14(15)16(20)19-17/h3-11,18H,2,12H2,1H3,(H,19,20). The second-order valence-electron chi connectivity index (χ2n) is 5.15. The maximum Gasteiger partial charge on any atom is 0.255 e. The molecule has 1 atom stereocenters. The highest BCUT2D eigenvalue weighted by atomic mass is 16.2. The molecule has 0 saturated carbocycles. The highest BCUT2D eigenvalue weighted by Crippen LogP contribution is 2.34. The van der Waals surface area contributed by atoms with Gasteiger partial charge in [0.05, 0.1) is 5.56 Å². The molecule has 3 nitrogen and oxygen atoms in total. The maximum absolute atomic E-state index is 12.4. The van der Waals surface area contributed by atoms with Gasteiger partial charge < -0.3 is 10.6 Å². The van der Waals surface area contributed by atoms with Gasteiger partial charge in [-0.15, -0.1) is 0 Å². The van der Waals surface area contributed by atoms with Crippen LogP contribution in [-0.2, 0) is 5.66 Å². The summed E-state index contributed by atoms with van der Waals surface area (Å²) in [6, 6.07) is 17.7. The van der Waals surface area contributed by atoms with Crippen LogP contribution in [0, 0.1) is 0 Å². The SMILES string of the molecule is CCCC1(c2ccccc2)NC(=O)c2ccccc2N1. The molecule has 2 aromatic rings. The normalized spacial score (nSPS) is 20.8. The van der Waals surface area contributed by atoms with Crippen LogP contribution in [-0.4, -0.2) is 5.91 Å². The molecule has 0 spiro atoms. The van der Waals surface area contributed by atoms with Crippen LogP contribution in [0.1, 0.15) is 35.7 Å². The summed E-state index contributed by atoms with van der Waals surface area (Å²) in [7, 11) is 0. The minimum absolute atomic E-state index is 0.0170. The molecule has 0 aromatic heterocycles. The predicted molar refractivity (Wildman–Crippen MR) is 80.6 cm³/mol. The zero-order valence-corrected chi connectivity index (χ0v) is 11.5. The van der Waals surface area contributed by atoms with Gasteiger partial charge in [-0.05, 0) is 24.1 Å². The fourth-order valence-corrected chi connectivity index (χ4v) is 2.82. The molecule has 1 unspecified atom stereocenters. The number of nitrogens with one attached hydrogen (secondary N) is 2. The molecule has 2 aromatic carbocycles. The van der Waals surface area contributed by atoms with Crippen LogP contribution in [0.2, 0.25) is 0 Å². The van der Waals surface area contributed by atoms with Crippen molar-refractivity contribution in [1.82, 2.24) is 5.32 Å². The van der Waals surface area contributed by atoms with Crippen LogP contribution in [0.4, 0.5) is 5.69 Å². The van der Waals surface area contributed by atoms with Gasteiger partial charge in [0.15, 0.2) is 0 Å². The lowest BCUT2D eigenvalue weighted by molar-refractivity contribution is 0.0893. The van der Waals surface area contributed by atoms with Crippen molar-refractivity contribution >= 4 is 11.6 Å². The Bertz CT molecular complexity index is 624. The van der Waals surface area contributed by atoms with Gasteiger partial charge in [-0.2, -0.15) is 0 Å². The molecule has 1 aliphatic heterocycles. The number of benzene rings is 2. The summed E-state index contributed by atoms with van der Waals surface area (Å²) in [6.07, 6.45) is 1.82. The smallest absolute Gasteiger partial charge is 0.255 e. The molecule has 1 amide bonds. The number of anilines is 1. The number of hydrogen-bond acceptors (Lipinski definition) is 2. The molecular formula is C17H18N2O. The molecule has 0 aliphatic carbocycles. The van der Waals surface area contributed by atoms with E-state index in [0.29, 0.717) is 5.56 Å². The van der Waals surface area contributed by atoms with Crippen LogP contribution < -0.4 is 10.6 Å². The largest absolute Gasteiger partial charge is 0.358 e. The first-order chi connectivity index (χ1) is 9.75. The van der Waals surface area contributed by atoms with E-state index in [4.69, 9.17) is 0 Å².